The van der Waals surface area contributed by atoms with Crippen LogP contribution >= 0.6 is 0 Å². The summed E-state index contributed by atoms with van der Waals surface area (Å²) in [6.45, 7) is 0. The van der Waals surface area contributed by atoms with E-state index in [1.165, 1.54) is 54.5 Å². The fraction of sp³-hybridized carbons (Fsp3) is 0.118. The van der Waals surface area contributed by atoms with Crippen molar-refractivity contribution >= 4 is 23.4 Å². The topological polar surface area (TPSA) is 155 Å². The number of methoxy groups -OCH3 is 1. The standard InChI is InChI=1S/C17H12N6O6/c1-28-16(25)13-12(15(24)11-3-2-8-29-11)14(22-17(18-13)19-20-21-22)9-4-6-10(7-5-9)23(26)27/h2-8,14H,1H3,(H,18,19,21)/t14-/m1/s1. The van der Waals surface area contributed by atoms with Crippen molar-refractivity contribution in [3.05, 3.63) is 75.4 Å². The molecular weight excluding hydrogens is 384 g/mol. The molecule has 1 aliphatic heterocycles. The molecule has 29 heavy (non-hydrogen) atoms. The molecule has 12 heteroatoms. The van der Waals surface area contributed by atoms with Crippen molar-refractivity contribution < 1.29 is 23.7 Å². The summed E-state index contributed by atoms with van der Waals surface area (Å²) >= 11 is 0. The second-order valence-corrected chi connectivity index (χ2v) is 5.91. The maximum Gasteiger partial charge on any atom is 0.355 e. The van der Waals surface area contributed by atoms with Crippen LogP contribution in [-0.2, 0) is 9.53 Å². The van der Waals surface area contributed by atoms with E-state index in [4.69, 9.17) is 9.15 Å². The monoisotopic (exact) mass is 396 g/mol. The SMILES string of the molecule is COC(=O)C1=C(C(=O)c2ccco2)[C@@H](c2ccc([N+](=O)[O-])cc2)n2nnnc2N1. The molecule has 3 aromatic rings. The number of non-ortho nitro benzene ring substituents is 1. The third kappa shape index (κ3) is 3.01. The van der Waals surface area contributed by atoms with Gasteiger partial charge in [-0.05, 0) is 40.3 Å². The number of nitrogens with one attached hydrogen (secondary N) is 1. The maximum absolute atomic E-state index is 13.2. The highest BCUT2D eigenvalue weighted by Crippen LogP contribution is 2.37. The van der Waals surface area contributed by atoms with E-state index >= 15 is 0 Å². The lowest BCUT2D eigenvalue weighted by atomic mass is 9.91. The lowest BCUT2D eigenvalue weighted by Gasteiger charge is -2.27. The molecule has 0 spiro atoms. The first-order chi connectivity index (χ1) is 14.0. The third-order valence-corrected chi connectivity index (χ3v) is 4.32. The van der Waals surface area contributed by atoms with Crippen LogP contribution in [0.2, 0.25) is 0 Å². The normalized spacial score (nSPS) is 15.4. The predicted molar refractivity (Wildman–Crippen MR) is 94.8 cm³/mol. The number of aromatic nitrogens is 4. The van der Waals surface area contributed by atoms with Gasteiger partial charge in [-0.15, -0.1) is 0 Å². The highest BCUT2D eigenvalue weighted by atomic mass is 16.6. The Labute approximate surface area is 161 Å². The number of Topliss-reactive ketones (excluding diaryl/α,β-unsaturated/α-hetero) is 1. The van der Waals surface area contributed by atoms with Gasteiger partial charge in [-0.1, -0.05) is 5.10 Å². The second-order valence-electron chi connectivity index (χ2n) is 5.91. The van der Waals surface area contributed by atoms with Crippen LogP contribution < -0.4 is 5.32 Å². The summed E-state index contributed by atoms with van der Waals surface area (Å²) in [5.74, 6) is -1.30. The number of allylic oxidation sites excluding steroid dienone is 1. The molecule has 2 aromatic heterocycles. The second kappa shape index (κ2) is 6.99. The van der Waals surface area contributed by atoms with E-state index in [-0.39, 0.29) is 28.7 Å². The van der Waals surface area contributed by atoms with Crippen LogP contribution in [-0.4, -0.2) is 44.0 Å². The van der Waals surface area contributed by atoms with E-state index in [1.54, 1.807) is 0 Å². The molecule has 1 aliphatic rings. The Kier molecular flexibility index (Phi) is 4.35. The Bertz CT molecular complexity index is 1130. The quantitative estimate of drug-likeness (QED) is 0.290. The molecule has 146 valence electrons. The lowest BCUT2D eigenvalue weighted by Crippen LogP contribution is -2.32. The minimum atomic E-state index is -0.950. The molecule has 1 N–H and O–H groups in total. The van der Waals surface area contributed by atoms with Crippen molar-refractivity contribution in [2.24, 2.45) is 0 Å². The van der Waals surface area contributed by atoms with Crippen molar-refractivity contribution in [2.75, 3.05) is 12.4 Å². The van der Waals surface area contributed by atoms with Crippen LogP contribution in [0.3, 0.4) is 0 Å². The number of anilines is 1. The molecule has 1 atom stereocenters. The number of ketones is 1. The fourth-order valence-corrected chi connectivity index (χ4v) is 3.02. The molecule has 0 radical (unpaired) electrons. The number of esters is 1. The maximum atomic E-state index is 13.2. The predicted octanol–water partition coefficient (Wildman–Crippen LogP) is 1.50. The summed E-state index contributed by atoms with van der Waals surface area (Å²) in [4.78, 5) is 36.0. The number of hydrogen-bond donors (Lipinski definition) is 1. The Morgan fingerprint density at radius 3 is 2.66 bits per heavy atom. The number of ether oxygens (including phenoxy) is 1. The van der Waals surface area contributed by atoms with Crippen molar-refractivity contribution in [3.8, 4) is 0 Å². The summed E-state index contributed by atoms with van der Waals surface area (Å²) < 4.78 is 11.3. The molecule has 3 heterocycles. The number of carbonyl (C=O) groups excluding carboxylic acids is 2. The molecular formula is C17H12N6O6. The molecule has 0 bridgehead atoms. The summed E-state index contributed by atoms with van der Waals surface area (Å²) in [6, 6.07) is 7.53. The van der Waals surface area contributed by atoms with Gasteiger partial charge in [0, 0.05) is 12.1 Å². The summed E-state index contributed by atoms with van der Waals surface area (Å²) in [7, 11) is 1.17. The fourth-order valence-electron chi connectivity index (χ4n) is 3.02. The van der Waals surface area contributed by atoms with Crippen molar-refractivity contribution in [1.29, 1.82) is 0 Å². The van der Waals surface area contributed by atoms with Crippen LogP contribution in [0.1, 0.15) is 22.2 Å². The Hall–Kier alpha value is -4.35. The molecule has 1 aromatic carbocycles. The van der Waals surface area contributed by atoms with Crippen molar-refractivity contribution in [3.63, 3.8) is 0 Å². The molecule has 0 fully saturated rings. The number of hydrogen-bond acceptors (Lipinski definition) is 10. The highest BCUT2D eigenvalue weighted by Gasteiger charge is 2.39. The smallest absolute Gasteiger partial charge is 0.355 e. The van der Waals surface area contributed by atoms with Gasteiger partial charge in [0.1, 0.15) is 11.7 Å². The van der Waals surface area contributed by atoms with E-state index in [2.05, 4.69) is 20.8 Å². The van der Waals surface area contributed by atoms with E-state index in [1.807, 2.05) is 0 Å². The lowest BCUT2D eigenvalue weighted by molar-refractivity contribution is -0.384. The first kappa shape index (κ1) is 18.0. The average Bonchev–Trinajstić information content (AvgIpc) is 3.43. The third-order valence-electron chi connectivity index (χ3n) is 4.32. The Balaban J connectivity index is 1.93. The van der Waals surface area contributed by atoms with Crippen LogP contribution in [0.15, 0.2) is 58.3 Å². The van der Waals surface area contributed by atoms with Gasteiger partial charge in [0.15, 0.2) is 5.76 Å². The summed E-state index contributed by atoms with van der Waals surface area (Å²) in [5.41, 5.74) is 0.137. The number of fused-ring (bicyclic) bond motifs is 1. The van der Waals surface area contributed by atoms with E-state index in [0.717, 1.165) is 0 Å². The molecule has 0 saturated carbocycles. The van der Waals surface area contributed by atoms with Gasteiger partial charge in [-0.3, -0.25) is 14.9 Å². The van der Waals surface area contributed by atoms with Crippen LogP contribution in [0, 0.1) is 10.1 Å². The van der Waals surface area contributed by atoms with E-state index in [9.17, 15) is 19.7 Å². The van der Waals surface area contributed by atoms with Gasteiger partial charge in [0.2, 0.25) is 11.7 Å². The molecule has 0 unspecified atom stereocenters. The van der Waals surface area contributed by atoms with Gasteiger partial charge in [0.25, 0.3) is 5.69 Å². The van der Waals surface area contributed by atoms with Gasteiger partial charge in [0.05, 0.1) is 23.9 Å². The first-order valence-corrected chi connectivity index (χ1v) is 8.21. The number of rotatable bonds is 5. The molecule has 4 rings (SSSR count). The van der Waals surface area contributed by atoms with Crippen LogP contribution in [0.25, 0.3) is 0 Å². The largest absolute Gasteiger partial charge is 0.464 e. The van der Waals surface area contributed by atoms with Crippen LogP contribution in [0.5, 0.6) is 0 Å². The van der Waals surface area contributed by atoms with E-state index < -0.39 is 22.7 Å². The van der Waals surface area contributed by atoms with Gasteiger partial charge in [-0.2, -0.15) is 4.68 Å². The number of nitrogens with zero attached hydrogens (tertiary/aromatic N) is 5. The number of nitro groups is 1. The average molecular weight is 396 g/mol. The molecule has 12 nitrogen and oxygen atoms in total. The number of benzene rings is 1. The Morgan fingerprint density at radius 2 is 2.03 bits per heavy atom. The number of carbonyl (C=O) groups is 2. The van der Waals surface area contributed by atoms with Crippen molar-refractivity contribution in [2.45, 2.75) is 6.04 Å². The zero-order chi connectivity index (χ0) is 20.5. The molecule has 0 saturated heterocycles. The summed E-state index contributed by atoms with van der Waals surface area (Å²) in [5, 5.41) is 25.0. The van der Waals surface area contributed by atoms with Crippen LogP contribution in [0.4, 0.5) is 11.6 Å². The van der Waals surface area contributed by atoms with Gasteiger partial charge >= 0.3 is 5.97 Å². The minimum absolute atomic E-state index is 0.00774. The van der Waals surface area contributed by atoms with E-state index in [0.29, 0.717) is 5.56 Å². The zero-order valence-electron chi connectivity index (χ0n) is 14.8. The summed E-state index contributed by atoms with van der Waals surface area (Å²) in [6.07, 6.45) is 1.32. The molecule has 0 amide bonds. The number of furan rings is 1. The van der Waals surface area contributed by atoms with Crippen molar-refractivity contribution in [1.82, 2.24) is 20.2 Å². The highest BCUT2D eigenvalue weighted by molar-refractivity contribution is 6.13. The number of nitro benzene ring substituents is 1. The minimum Gasteiger partial charge on any atom is -0.464 e. The Morgan fingerprint density at radius 1 is 1.28 bits per heavy atom. The zero-order valence-corrected chi connectivity index (χ0v) is 14.8. The number of tetrazole rings is 1. The molecule has 0 aliphatic carbocycles. The van der Waals surface area contributed by atoms with Gasteiger partial charge < -0.3 is 14.5 Å². The first-order valence-electron chi connectivity index (χ1n) is 8.21. The van der Waals surface area contributed by atoms with Gasteiger partial charge in [-0.25, -0.2) is 4.79 Å².